The third-order valence-corrected chi connectivity index (χ3v) is 4.52. The van der Waals surface area contributed by atoms with E-state index < -0.39 is 0 Å². The molecule has 92 valence electrons. The van der Waals surface area contributed by atoms with Crippen molar-refractivity contribution in [2.75, 3.05) is 12.8 Å². The van der Waals surface area contributed by atoms with Crippen LogP contribution >= 0.6 is 11.8 Å². The van der Waals surface area contributed by atoms with Crippen LogP contribution in [0.15, 0.2) is 0 Å². The molecule has 5 heteroatoms. The molecule has 0 aromatic heterocycles. The van der Waals surface area contributed by atoms with Crippen molar-refractivity contribution in [3.63, 3.8) is 0 Å². The van der Waals surface area contributed by atoms with Gasteiger partial charge in [-0.05, 0) is 19.9 Å². The van der Waals surface area contributed by atoms with Gasteiger partial charge in [-0.25, -0.2) is 0 Å². The average molecular weight is 244 g/mol. The van der Waals surface area contributed by atoms with Crippen molar-refractivity contribution in [3.8, 4) is 0 Å². The van der Waals surface area contributed by atoms with Gasteiger partial charge in [0.2, 0.25) is 6.41 Å². The van der Waals surface area contributed by atoms with E-state index in [1.165, 1.54) is 0 Å². The lowest BCUT2D eigenvalue weighted by Gasteiger charge is -2.22. The van der Waals surface area contributed by atoms with Gasteiger partial charge in [0, 0.05) is 23.5 Å². The number of likely N-dealkylation sites (N-methyl/N-ethyl adjacent to an activating group) is 1. The maximum Gasteiger partial charge on any atom is 0.207 e. The van der Waals surface area contributed by atoms with E-state index in [9.17, 15) is 9.59 Å². The van der Waals surface area contributed by atoms with Gasteiger partial charge in [-0.1, -0.05) is 6.42 Å². The molecule has 1 rings (SSSR count). The molecule has 4 nitrogen and oxygen atoms in total. The molecule has 0 spiro atoms. The van der Waals surface area contributed by atoms with E-state index in [1.54, 1.807) is 0 Å². The molecular weight excluding hydrogens is 224 g/mol. The topological polar surface area (TPSA) is 58.2 Å². The molecule has 1 aliphatic rings. The van der Waals surface area contributed by atoms with E-state index in [0.29, 0.717) is 17.7 Å². The zero-order valence-corrected chi connectivity index (χ0v) is 10.5. The summed E-state index contributed by atoms with van der Waals surface area (Å²) in [7, 11) is 1.93. The summed E-state index contributed by atoms with van der Waals surface area (Å²) in [5.74, 6) is 1.04. The molecule has 0 aromatic rings. The number of thioether (sulfide) groups is 1. The standard InChI is InChI=1S/C11H20N2O2S/c1-12-9-7-16-10(11(9)13-8-15)5-3-2-4-6-14/h6,8-12H,2-5,7H2,1H3,(H,13,15)/t9?,10-,11?/m0/s1. The SMILES string of the molecule is CNC1CS[C@@H](CCCCC=O)C1NC=O. The van der Waals surface area contributed by atoms with Crippen LogP contribution in [0.4, 0.5) is 0 Å². The van der Waals surface area contributed by atoms with Crippen molar-refractivity contribution in [1.82, 2.24) is 10.6 Å². The Hall–Kier alpha value is -0.550. The minimum Gasteiger partial charge on any atom is -0.353 e. The lowest BCUT2D eigenvalue weighted by Crippen LogP contribution is -2.48. The Balaban J connectivity index is 2.33. The first-order chi connectivity index (χ1) is 7.83. The lowest BCUT2D eigenvalue weighted by molar-refractivity contribution is -0.110. The highest BCUT2D eigenvalue weighted by Crippen LogP contribution is 2.30. The largest absolute Gasteiger partial charge is 0.353 e. The van der Waals surface area contributed by atoms with E-state index in [-0.39, 0.29) is 6.04 Å². The molecule has 1 fully saturated rings. The molecule has 0 bridgehead atoms. The number of carbonyl (C=O) groups is 2. The van der Waals surface area contributed by atoms with E-state index in [0.717, 1.165) is 37.7 Å². The first kappa shape index (κ1) is 13.5. The quantitative estimate of drug-likeness (QED) is 0.484. The Morgan fingerprint density at radius 1 is 1.38 bits per heavy atom. The second-order valence-corrected chi connectivity index (χ2v) is 5.30. The summed E-state index contributed by atoms with van der Waals surface area (Å²) in [5, 5.41) is 6.62. The first-order valence-electron chi connectivity index (χ1n) is 5.75. The Labute approximate surface area is 101 Å². The van der Waals surface area contributed by atoms with Crippen molar-refractivity contribution in [1.29, 1.82) is 0 Å². The summed E-state index contributed by atoms with van der Waals surface area (Å²) in [6.07, 6.45) is 5.50. The van der Waals surface area contributed by atoms with Crippen LogP contribution < -0.4 is 10.6 Å². The van der Waals surface area contributed by atoms with Gasteiger partial charge in [0.15, 0.2) is 0 Å². The van der Waals surface area contributed by atoms with Crippen LogP contribution in [0.5, 0.6) is 0 Å². The van der Waals surface area contributed by atoms with Gasteiger partial charge in [-0.2, -0.15) is 11.8 Å². The Kier molecular flexibility index (Phi) is 6.49. The monoisotopic (exact) mass is 244 g/mol. The lowest BCUT2D eigenvalue weighted by atomic mass is 10.0. The maximum absolute atomic E-state index is 10.5. The third kappa shape index (κ3) is 3.79. The van der Waals surface area contributed by atoms with Gasteiger partial charge >= 0.3 is 0 Å². The van der Waals surface area contributed by atoms with Crippen molar-refractivity contribution in [2.24, 2.45) is 0 Å². The molecule has 1 amide bonds. The minimum atomic E-state index is 0.226. The number of aldehydes is 1. The van der Waals surface area contributed by atoms with Gasteiger partial charge in [0.25, 0.3) is 0 Å². The van der Waals surface area contributed by atoms with Crippen LogP contribution in [0.2, 0.25) is 0 Å². The second kappa shape index (κ2) is 7.68. The molecule has 2 N–H and O–H groups in total. The molecule has 0 saturated carbocycles. The average Bonchev–Trinajstić information content (AvgIpc) is 2.68. The number of carbonyl (C=O) groups excluding carboxylic acids is 2. The molecular formula is C11H20N2O2S. The fourth-order valence-electron chi connectivity index (χ4n) is 2.09. The van der Waals surface area contributed by atoms with Gasteiger partial charge in [0.1, 0.15) is 6.29 Å². The summed E-state index contributed by atoms with van der Waals surface area (Å²) in [6, 6.07) is 0.593. The van der Waals surface area contributed by atoms with Crippen molar-refractivity contribution in [3.05, 3.63) is 0 Å². The molecule has 16 heavy (non-hydrogen) atoms. The summed E-state index contributed by atoms with van der Waals surface area (Å²) in [4.78, 5) is 20.7. The van der Waals surface area contributed by atoms with E-state index in [4.69, 9.17) is 0 Å². The Morgan fingerprint density at radius 3 is 2.81 bits per heavy atom. The Morgan fingerprint density at radius 2 is 2.19 bits per heavy atom. The van der Waals surface area contributed by atoms with Crippen LogP contribution in [0.3, 0.4) is 0 Å². The highest BCUT2D eigenvalue weighted by atomic mass is 32.2. The van der Waals surface area contributed by atoms with Crippen LogP contribution in [0.1, 0.15) is 25.7 Å². The third-order valence-electron chi connectivity index (χ3n) is 3.02. The number of hydrogen-bond donors (Lipinski definition) is 2. The summed E-state index contributed by atoms with van der Waals surface area (Å²) >= 11 is 1.91. The smallest absolute Gasteiger partial charge is 0.207 e. The molecule has 3 atom stereocenters. The normalized spacial score (nSPS) is 28.9. The molecule has 0 aromatic carbocycles. The van der Waals surface area contributed by atoms with Crippen LogP contribution in [-0.2, 0) is 9.59 Å². The highest BCUT2D eigenvalue weighted by Gasteiger charge is 2.34. The fraction of sp³-hybridized carbons (Fsp3) is 0.818. The van der Waals surface area contributed by atoms with Gasteiger partial charge in [0.05, 0.1) is 6.04 Å². The predicted octanol–water partition coefficient (Wildman–Crippen LogP) is 0.564. The van der Waals surface area contributed by atoms with Crippen molar-refractivity contribution >= 4 is 24.5 Å². The highest BCUT2D eigenvalue weighted by molar-refractivity contribution is 8.00. The van der Waals surface area contributed by atoms with E-state index >= 15 is 0 Å². The molecule has 0 aliphatic carbocycles. The summed E-state index contributed by atoms with van der Waals surface area (Å²) in [6.45, 7) is 0. The number of rotatable bonds is 8. The molecule has 1 heterocycles. The minimum absolute atomic E-state index is 0.226. The predicted molar refractivity (Wildman–Crippen MR) is 66.6 cm³/mol. The van der Waals surface area contributed by atoms with Crippen LogP contribution in [-0.4, -0.2) is 42.8 Å². The van der Waals surface area contributed by atoms with Crippen LogP contribution in [0, 0.1) is 0 Å². The number of amides is 1. The summed E-state index contributed by atoms with van der Waals surface area (Å²) in [5.41, 5.74) is 0. The maximum atomic E-state index is 10.5. The van der Waals surface area contributed by atoms with E-state index in [2.05, 4.69) is 10.6 Å². The van der Waals surface area contributed by atoms with Crippen molar-refractivity contribution < 1.29 is 9.59 Å². The number of hydrogen-bond acceptors (Lipinski definition) is 4. The van der Waals surface area contributed by atoms with Crippen LogP contribution in [0.25, 0.3) is 0 Å². The zero-order chi connectivity index (χ0) is 11.8. The zero-order valence-electron chi connectivity index (χ0n) is 9.65. The number of nitrogens with one attached hydrogen (secondary N) is 2. The number of unbranched alkanes of at least 4 members (excludes halogenated alkanes) is 2. The van der Waals surface area contributed by atoms with Crippen molar-refractivity contribution in [2.45, 2.75) is 43.0 Å². The molecule has 1 saturated heterocycles. The first-order valence-corrected chi connectivity index (χ1v) is 6.80. The molecule has 0 radical (unpaired) electrons. The van der Waals surface area contributed by atoms with Gasteiger partial charge in [-0.3, -0.25) is 4.79 Å². The fourth-order valence-corrected chi connectivity index (χ4v) is 3.73. The second-order valence-electron chi connectivity index (χ2n) is 4.03. The van der Waals surface area contributed by atoms with Gasteiger partial charge in [-0.15, -0.1) is 0 Å². The van der Waals surface area contributed by atoms with Gasteiger partial charge < -0.3 is 15.4 Å². The molecule has 2 unspecified atom stereocenters. The van der Waals surface area contributed by atoms with E-state index in [1.807, 2.05) is 18.8 Å². The Bertz CT molecular complexity index is 226. The summed E-state index contributed by atoms with van der Waals surface area (Å²) < 4.78 is 0. The molecule has 1 aliphatic heterocycles.